The number of fused-ring (bicyclic) bond motifs is 1. The largest absolute Gasteiger partial charge is 0.346 e. The summed E-state index contributed by atoms with van der Waals surface area (Å²) in [4.78, 5) is 3.20. The first kappa shape index (κ1) is 11.3. The van der Waals surface area contributed by atoms with Crippen molar-refractivity contribution in [2.75, 3.05) is 0 Å². The summed E-state index contributed by atoms with van der Waals surface area (Å²) in [6.45, 7) is 2.24. The van der Waals surface area contributed by atoms with Crippen molar-refractivity contribution in [2.45, 2.75) is 32.6 Å². The molecule has 0 atom stereocenters. The van der Waals surface area contributed by atoms with Crippen molar-refractivity contribution in [3.05, 3.63) is 40.5 Å². The second kappa shape index (κ2) is 5.26. The molecule has 0 unspecified atom stereocenters. The van der Waals surface area contributed by atoms with E-state index in [2.05, 4.69) is 36.2 Å². The SMILES string of the molecule is CCCCCc1ccc2[nH]c(=S)ccc2c1. The summed E-state index contributed by atoms with van der Waals surface area (Å²) in [5, 5.41) is 1.25. The lowest BCUT2D eigenvalue weighted by Gasteiger charge is -2.03. The molecule has 84 valence electrons. The van der Waals surface area contributed by atoms with Gasteiger partial charge in [0.2, 0.25) is 0 Å². The van der Waals surface area contributed by atoms with E-state index >= 15 is 0 Å². The Morgan fingerprint density at radius 2 is 2.00 bits per heavy atom. The number of unbranched alkanes of at least 4 members (excludes halogenated alkanes) is 2. The first-order chi connectivity index (χ1) is 7.79. The van der Waals surface area contributed by atoms with Crippen LogP contribution >= 0.6 is 12.2 Å². The lowest BCUT2D eigenvalue weighted by molar-refractivity contribution is 0.718. The highest BCUT2D eigenvalue weighted by Crippen LogP contribution is 2.15. The Hall–Kier alpha value is -1.15. The maximum Gasteiger partial charge on any atom is 0.103 e. The molecule has 2 aromatic rings. The molecule has 0 saturated carbocycles. The summed E-state index contributed by atoms with van der Waals surface area (Å²) < 4.78 is 0.797. The lowest BCUT2D eigenvalue weighted by atomic mass is 10.0. The normalized spacial score (nSPS) is 10.8. The smallest absolute Gasteiger partial charge is 0.103 e. The number of H-pyrrole nitrogens is 1. The third kappa shape index (κ3) is 2.70. The van der Waals surface area contributed by atoms with Crippen molar-refractivity contribution in [1.82, 2.24) is 4.98 Å². The predicted octanol–water partition coefficient (Wildman–Crippen LogP) is 4.63. The molecule has 1 aromatic carbocycles. The van der Waals surface area contributed by atoms with E-state index < -0.39 is 0 Å². The Balaban J connectivity index is 2.23. The van der Waals surface area contributed by atoms with Crippen molar-refractivity contribution < 1.29 is 0 Å². The molecule has 0 aliphatic heterocycles. The van der Waals surface area contributed by atoms with Crippen LogP contribution in [0.4, 0.5) is 0 Å². The number of aromatic amines is 1. The van der Waals surface area contributed by atoms with Crippen LogP contribution in [0.1, 0.15) is 31.7 Å². The van der Waals surface area contributed by atoms with Crippen molar-refractivity contribution in [3.63, 3.8) is 0 Å². The van der Waals surface area contributed by atoms with Gasteiger partial charge in [-0.2, -0.15) is 0 Å². The minimum absolute atomic E-state index is 0.797. The number of aryl methyl sites for hydroxylation is 1. The molecule has 0 bridgehead atoms. The minimum Gasteiger partial charge on any atom is -0.346 e. The van der Waals surface area contributed by atoms with Gasteiger partial charge in [-0.05, 0) is 48.1 Å². The Labute approximate surface area is 102 Å². The van der Waals surface area contributed by atoms with Gasteiger partial charge in [-0.25, -0.2) is 0 Å². The fourth-order valence-corrected chi connectivity index (χ4v) is 2.12. The third-order valence-corrected chi connectivity index (χ3v) is 3.10. The maximum atomic E-state index is 5.10. The second-order valence-electron chi connectivity index (χ2n) is 4.20. The van der Waals surface area contributed by atoms with E-state index in [0.29, 0.717) is 0 Å². The monoisotopic (exact) mass is 231 g/mol. The van der Waals surface area contributed by atoms with Crippen LogP contribution in [0.25, 0.3) is 10.9 Å². The van der Waals surface area contributed by atoms with Crippen LogP contribution in [0, 0.1) is 4.64 Å². The van der Waals surface area contributed by atoms with Gasteiger partial charge in [0.25, 0.3) is 0 Å². The maximum absolute atomic E-state index is 5.10. The van der Waals surface area contributed by atoms with E-state index in [-0.39, 0.29) is 0 Å². The van der Waals surface area contributed by atoms with Gasteiger partial charge in [0.1, 0.15) is 4.64 Å². The highest BCUT2D eigenvalue weighted by atomic mass is 32.1. The van der Waals surface area contributed by atoms with Gasteiger partial charge in [0.15, 0.2) is 0 Å². The quantitative estimate of drug-likeness (QED) is 0.599. The molecule has 1 N–H and O–H groups in total. The van der Waals surface area contributed by atoms with Crippen molar-refractivity contribution in [2.24, 2.45) is 0 Å². The fourth-order valence-electron chi connectivity index (χ4n) is 1.94. The topological polar surface area (TPSA) is 15.8 Å². The number of hydrogen-bond donors (Lipinski definition) is 1. The zero-order valence-electron chi connectivity index (χ0n) is 9.62. The molecule has 1 nitrogen and oxygen atoms in total. The molecule has 0 spiro atoms. The second-order valence-corrected chi connectivity index (χ2v) is 4.64. The highest BCUT2D eigenvalue weighted by molar-refractivity contribution is 7.71. The standard InChI is InChI=1S/C14H17NS/c1-2-3-4-5-11-6-8-13-12(10-11)7-9-14(16)15-13/h6-10H,2-5H2,1H3,(H,15,16). The molecule has 0 saturated heterocycles. The van der Waals surface area contributed by atoms with E-state index in [1.807, 2.05) is 6.07 Å². The first-order valence-corrected chi connectivity index (χ1v) is 6.32. The molecule has 1 aromatic heterocycles. The van der Waals surface area contributed by atoms with Crippen molar-refractivity contribution in [3.8, 4) is 0 Å². The molecule has 0 fully saturated rings. The summed E-state index contributed by atoms with van der Waals surface area (Å²) >= 11 is 5.10. The Bertz CT molecular complexity index is 527. The average molecular weight is 231 g/mol. The summed E-state index contributed by atoms with van der Waals surface area (Å²) in [6.07, 6.45) is 5.06. The number of pyridine rings is 1. The van der Waals surface area contributed by atoms with Crippen LogP contribution in [-0.2, 0) is 6.42 Å². The van der Waals surface area contributed by atoms with Crippen LogP contribution in [0.15, 0.2) is 30.3 Å². The van der Waals surface area contributed by atoms with Crippen LogP contribution < -0.4 is 0 Å². The summed E-state index contributed by atoms with van der Waals surface area (Å²) in [5.74, 6) is 0. The average Bonchev–Trinajstić information content (AvgIpc) is 2.29. The molecule has 16 heavy (non-hydrogen) atoms. The van der Waals surface area contributed by atoms with E-state index in [9.17, 15) is 0 Å². The molecular formula is C14H17NS. The molecule has 0 aliphatic carbocycles. The predicted molar refractivity (Wildman–Crippen MR) is 72.4 cm³/mol. The lowest BCUT2D eigenvalue weighted by Crippen LogP contribution is -1.87. The molecule has 1 heterocycles. The number of hydrogen-bond acceptors (Lipinski definition) is 1. The van der Waals surface area contributed by atoms with E-state index in [4.69, 9.17) is 12.2 Å². The Morgan fingerprint density at radius 1 is 1.12 bits per heavy atom. The van der Waals surface area contributed by atoms with Gasteiger partial charge >= 0.3 is 0 Å². The number of benzene rings is 1. The molecule has 2 rings (SSSR count). The van der Waals surface area contributed by atoms with Crippen LogP contribution in [0.2, 0.25) is 0 Å². The zero-order chi connectivity index (χ0) is 11.4. The van der Waals surface area contributed by atoms with Crippen LogP contribution in [0.5, 0.6) is 0 Å². The molecule has 0 amide bonds. The van der Waals surface area contributed by atoms with Gasteiger partial charge in [0.05, 0.1) is 0 Å². The van der Waals surface area contributed by atoms with E-state index in [0.717, 1.165) is 10.2 Å². The van der Waals surface area contributed by atoms with Gasteiger partial charge < -0.3 is 4.98 Å². The zero-order valence-corrected chi connectivity index (χ0v) is 10.4. The van der Waals surface area contributed by atoms with E-state index in [1.165, 1.54) is 36.6 Å². The molecular weight excluding hydrogens is 214 g/mol. The molecule has 2 heteroatoms. The van der Waals surface area contributed by atoms with Gasteiger partial charge in [-0.1, -0.05) is 38.0 Å². The van der Waals surface area contributed by atoms with E-state index in [1.54, 1.807) is 0 Å². The van der Waals surface area contributed by atoms with Crippen molar-refractivity contribution >= 4 is 23.1 Å². The van der Waals surface area contributed by atoms with Crippen molar-refractivity contribution in [1.29, 1.82) is 0 Å². The number of aromatic nitrogens is 1. The third-order valence-electron chi connectivity index (χ3n) is 2.86. The van der Waals surface area contributed by atoms with Gasteiger partial charge in [-0.3, -0.25) is 0 Å². The molecule has 0 aliphatic rings. The minimum atomic E-state index is 0.797. The summed E-state index contributed by atoms with van der Waals surface area (Å²) in [5.41, 5.74) is 2.55. The van der Waals surface area contributed by atoms with Gasteiger partial charge in [-0.15, -0.1) is 0 Å². The Morgan fingerprint density at radius 3 is 2.81 bits per heavy atom. The fraction of sp³-hybridized carbons (Fsp3) is 0.357. The number of rotatable bonds is 4. The summed E-state index contributed by atoms with van der Waals surface area (Å²) in [7, 11) is 0. The van der Waals surface area contributed by atoms with Gasteiger partial charge in [0, 0.05) is 5.52 Å². The molecule has 0 radical (unpaired) electrons. The summed E-state index contributed by atoms with van der Waals surface area (Å²) in [6, 6.07) is 10.6. The van der Waals surface area contributed by atoms with Crippen LogP contribution in [-0.4, -0.2) is 4.98 Å². The highest BCUT2D eigenvalue weighted by Gasteiger charge is 1.96. The first-order valence-electron chi connectivity index (χ1n) is 5.91. The Kier molecular flexibility index (Phi) is 3.73. The van der Waals surface area contributed by atoms with Crippen LogP contribution in [0.3, 0.4) is 0 Å². The number of nitrogens with one attached hydrogen (secondary N) is 1.